The van der Waals surface area contributed by atoms with Crippen LogP contribution in [0.15, 0.2) is 17.1 Å². The normalized spacial score (nSPS) is 25.8. The van der Waals surface area contributed by atoms with Crippen molar-refractivity contribution in [3.8, 4) is 6.07 Å². The third-order valence-corrected chi connectivity index (χ3v) is 3.68. The first-order valence-electron chi connectivity index (χ1n) is 6.21. The molecule has 3 unspecified atom stereocenters. The summed E-state index contributed by atoms with van der Waals surface area (Å²) in [4.78, 5) is 4.43. The second-order valence-electron chi connectivity index (χ2n) is 5.09. The van der Waals surface area contributed by atoms with Gasteiger partial charge < -0.3 is 10.4 Å². The van der Waals surface area contributed by atoms with Gasteiger partial charge >= 0.3 is 0 Å². The predicted molar refractivity (Wildman–Crippen MR) is 70.2 cm³/mol. The molecule has 0 radical (unpaired) electrons. The van der Waals surface area contributed by atoms with E-state index in [0.29, 0.717) is 0 Å². The molecular formula is C14H15N3O. The van der Waals surface area contributed by atoms with Crippen molar-refractivity contribution < 1.29 is 5.11 Å². The van der Waals surface area contributed by atoms with Gasteiger partial charge in [0.15, 0.2) is 0 Å². The van der Waals surface area contributed by atoms with Crippen LogP contribution in [0.25, 0.3) is 0 Å². The monoisotopic (exact) mass is 241 g/mol. The third kappa shape index (κ3) is 1.77. The Labute approximate surface area is 106 Å². The number of hydrogen-bond donors (Lipinski definition) is 2. The molecule has 4 heteroatoms. The largest absolute Gasteiger partial charge is 0.378 e. The van der Waals surface area contributed by atoms with Crippen LogP contribution in [0, 0.1) is 17.2 Å². The number of anilines is 1. The summed E-state index contributed by atoms with van der Waals surface area (Å²) < 4.78 is 0. The van der Waals surface area contributed by atoms with Gasteiger partial charge in [0.25, 0.3) is 0 Å². The summed E-state index contributed by atoms with van der Waals surface area (Å²) >= 11 is 0. The highest BCUT2D eigenvalue weighted by molar-refractivity contribution is 5.83. The van der Waals surface area contributed by atoms with E-state index in [1.54, 1.807) is 0 Å². The topological polar surface area (TPSA) is 68.4 Å². The highest BCUT2D eigenvalue weighted by Gasteiger charge is 2.29. The second kappa shape index (κ2) is 4.11. The molecule has 1 aromatic carbocycles. The average Bonchev–Trinajstić information content (AvgIpc) is 2.77. The fourth-order valence-corrected chi connectivity index (χ4v) is 2.72. The first-order chi connectivity index (χ1) is 8.67. The quantitative estimate of drug-likeness (QED) is 0.737. The standard InChI is InChI=1S/C14H15N3O/c1-8-7-16-12-4-9-2-11(14(18)6-15)3-10(9)5-13(12)17-8/h4-5,7-8,11,14,17-18H,2-3H2,1H3. The van der Waals surface area contributed by atoms with Crippen LogP contribution in [0.4, 0.5) is 11.4 Å². The highest BCUT2D eigenvalue weighted by Crippen LogP contribution is 2.37. The second-order valence-corrected chi connectivity index (χ2v) is 5.09. The number of rotatable bonds is 1. The number of benzene rings is 1. The van der Waals surface area contributed by atoms with E-state index < -0.39 is 6.10 Å². The lowest BCUT2D eigenvalue weighted by molar-refractivity contribution is 0.164. The van der Waals surface area contributed by atoms with Crippen molar-refractivity contribution in [2.75, 3.05) is 5.32 Å². The molecule has 3 rings (SSSR count). The molecule has 0 amide bonds. The molecule has 1 aromatic rings. The summed E-state index contributed by atoms with van der Waals surface area (Å²) in [5.41, 5.74) is 4.45. The van der Waals surface area contributed by atoms with Crippen LogP contribution in [-0.2, 0) is 12.8 Å². The SMILES string of the molecule is CC1C=Nc2cc3c(cc2N1)CC(C(O)C#N)C3. The van der Waals surface area contributed by atoms with Crippen LogP contribution < -0.4 is 5.32 Å². The lowest BCUT2D eigenvalue weighted by Gasteiger charge is -2.19. The van der Waals surface area contributed by atoms with Crippen LogP contribution >= 0.6 is 0 Å². The molecule has 0 spiro atoms. The van der Waals surface area contributed by atoms with Gasteiger partial charge in [0, 0.05) is 12.1 Å². The van der Waals surface area contributed by atoms with Crippen molar-refractivity contribution in [2.45, 2.75) is 31.9 Å². The molecule has 3 atom stereocenters. The van der Waals surface area contributed by atoms with Crippen LogP contribution in [-0.4, -0.2) is 23.5 Å². The van der Waals surface area contributed by atoms with Gasteiger partial charge in [-0.2, -0.15) is 5.26 Å². The molecule has 2 N–H and O–H groups in total. The van der Waals surface area contributed by atoms with Gasteiger partial charge in [-0.1, -0.05) is 0 Å². The number of hydrogen-bond acceptors (Lipinski definition) is 4. The molecule has 0 saturated heterocycles. The maximum Gasteiger partial charge on any atom is 0.143 e. The number of aliphatic hydroxyl groups is 1. The van der Waals surface area contributed by atoms with Crippen LogP contribution in [0.3, 0.4) is 0 Å². The van der Waals surface area contributed by atoms with Gasteiger partial charge in [-0.25, -0.2) is 0 Å². The minimum atomic E-state index is -0.871. The number of nitriles is 1. The van der Waals surface area contributed by atoms with Gasteiger partial charge in [0.2, 0.25) is 0 Å². The Balaban J connectivity index is 1.93. The molecular weight excluding hydrogens is 226 g/mol. The average molecular weight is 241 g/mol. The Morgan fingerprint density at radius 3 is 2.89 bits per heavy atom. The Kier molecular flexibility index (Phi) is 2.57. The lowest BCUT2D eigenvalue weighted by atomic mass is 10.0. The third-order valence-electron chi connectivity index (χ3n) is 3.68. The van der Waals surface area contributed by atoms with E-state index in [2.05, 4.69) is 29.4 Å². The predicted octanol–water partition coefficient (Wildman–Crippen LogP) is 1.80. The van der Waals surface area contributed by atoms with Crippen molar-refractivity contribution in [1.29, 1.82) is 5.26 Å². The molecule has 1 aliphatic heterocycles. The zero-order valence-corrected chi connectivity index (χ0v) is 10.2. The fraction of sp³-hybridized carbons (Fsp3) is 0.429. The number of aliphatic imine (C=N–C) groups is 1. The van der Waals surface area contributed by atoms with Gasteiger partial charge in [-0.3, -0.25) is 4.99 Å². The Hall–Kier alpha value is -1.86. The van der Waals surface area contributed by atoms with Gasteiger partial charge in [0.05, 0.1) is 23.5 Å². The minimum absolute atomic E-state index is 0.0234. The summed E-state index contributed by atoms with van der Waals surface area (Å²) in [6.07, 6.45) is 2.56. The highest BCUT2D eigenvalue weighted by atomic mass is 16.3. The molecule has 0 aromatic heterocycles. The number of aliphatic hydroxyl groups excluding tert-OH is 1. The molecule has 2 aliphatic rings. The molecule has 4 nitrogen and oxygen atoms in total. The molecule has 18 heavy (non-hydrogen) atoms. The van der Waals surface area contributed by atoms with E-state index >= 15 is 0 Å². The van der Waals surface area contributed by atoms with E-state index in [4.69, 9.17) is 5.26 Å². The summed E-state index contributed by atoms with van der Waals surface area (Å²) in [5, 5.41) is 21.8. The first-order valence-corrected chi connectivity index (χ1v) is 6.21. The minimum Gasteiger partial charge on any atom is -0.378 e. The first kappa shape index (κ1) is 11.2. The summed E-state index contributed by atoms with van der Waals surface area (Å²) in [6, 6.07) is 6.36. The van der Waals surface area contributed by atoms with E-state index in [0.717, 1.165) is 24.2 Å². The Bertz CT molecular complexity index is 559. The number of nitrogens with zero attached hydrogens (tertiary/aromatic N) is 2. The summed E-state index contributed by atoms with van der Waals surface area (Å²) in [5.74, 6) is 0.0234. The zero-order valence-electron chi connectivity index (χ0n) is 10.2. The number of nitrogens with one attached hydrogen (secondary N) is 1. The Morgan fingerprint density at radius 2 is 2.17 bits per heavy atom. The van der Waals surface area contributed by atoms with Crippen LogP contribution in [0.1, 0.15) is 18.1 Å². The van der Waals surface area contributed by atoms with Crippen LogP contribution in [0.2, 0.25) is 0 Å². The maximum atomic E-state index is 9.63. The van der Waals surface area contributed by atoms with Gasteiger partial charge in [-0.05, 0) is 43.0 Å². The van der Waals surface area contributed by atoms with Crippen molar-refractivity contribution in [3.63, 3.8) is 0 Å². The van der Waals surface area contributed by atoms with Crippen molar-refractivity contribution in [3.05, 3.63) is 23.3 Å². The Morgan fingerprint density at radius 1 is 1.44 bits per heavy atom. The summed E-state index contributed by atoms with van der Waals surface area (Å²) in [6.45, 7) is 2.06. The molecule has 92 valence electrons. The molecule has 0 fully saturated rings. The van der Waals surface area contributed by atoms with Gasteiger partial charge in [0.1, 0.15) is 6.10 Å². The van der Waals surface area contributed by atoms with Crippen molar-refractivity contribution in [1.82, 2.24) is 0 Å². The van der Waals surface area contributed by atoms with Crippen molar-refractivity contribution in [2.24, 2.45) is 10.9 Å². The molecule has 1 aliphatic carbocycles. The smallest absolute Gasteiger partial charge is 0.143 e. The van der Waals surface area contributed by atoms with E-state index in [-0.39, 0.29) is 12.0 Å². The molecule has 0 bridgehead atoms. The lowest BCUT2D eigenvalue weighted by Crippen LogP contribution is -2.19. The van der Waals surface area contributed by atoms with E-state index in [1.165, 1.54) is 11.1 Å². The fourth-order valence-electron chi connectivity index (χ4n) is 2.72. The van der Waals surface area contributed by atoms with Gasteiger partial charge in [-0.15, -0.1) is 0 Å². The number of fused-ring (bicyclic) bond motifs is 2. The summed E-state index contributed by atoms with van der Waals surface area (Å²) in [7, 11) is 0. The zero-order chi connectivity index (χ0) is 12.7. The van der Waals surface area contributed by atoms with E-state index in [9.17, 15) is 5.11 Å². The molecule has 0 saturated carbocycles. The van der Waals surface area contributed by atoms with Crippen molar-refractivity contribution >= 4 is 17.6 Å². The van der Waals surface area contributed by atoms with E-state index in [1.807, 2.05) is 12.3 Å². The molecule has 1 heterocycles. The van der Waals surface area contributed by atoms with Crippen LogP contribution in [0.5, 0.6) is 0 Å². The maximum absolute atomic E-state index is 9.63.